The van der Waals surface area contributed by atoms with Gasteiger partial charge in [0.2, 0.25) is 5.91 Å². The highest BCUT2D eigenvalue weighted by molar-refractivity contribution is 5.82. The van der Waals surface area contributed by atoms with Crippen LogP contribution in [-0.4, -0.2) is 55.0 Å². The number of para-hydroxylation sites is 2. The third-order valence-corrected chi connectivity index (χ3v) is 4.72. The molecular formula is C17H24N4O3. The highest BCUT2D eigenvalue weighted by Gasteiger charge is 2.30. The Morgan fingerprint density at radius 1 is 1.38 bits per heavy atom. The Balaban J connectivity index is 1.50. The Bertz CT molecular complexity index is 618. The van der Waals surface area contributed by atoms with Crippen molar-refractivity contribution in [2.45, 2.75) is 25.3 Å². The van der Waals surface area contributed by atoms with Crippen LogP contribution in [0.5, 0.6) is 0 Å². The number of anilines is 1. The summed E-state index contributed by atoms with van der Waals surface area (Å²) in [6.45, 7) is 3.23. The summed E-state index contributed by atoms with van der Waals surface area (Å²) in [6.07, 6.45) is 3.66. The summed E-state index contributed by atoms with van der Waals surface area (Å²) in [4.78, 5) is 27.0. The number of benzene rings is 1. The largest absolute Gasteiger partial charge is 0.360 e. The minimum Gasteiger partial charge on any atom is -0.360 e. The molecule has 1 aliphatic carbocycles. The number of hydrogen-bond acceptors (Lipinski definition) is 5. The summed E-state index contributed by atoms with van der Waals surface area (Å²) in [5, 5.41) is 14.2. The lowest BCUT2D eigenvalue weighted by Gasteiger charge is -2.20. The topological polar surface area (TPSA) is 78.7 Å². The maximum Gasteiger partial charge on any atom is 0.292 e. The van der Waals surface area contributed by atoms with Crippen LogP contribution < -0.4 is 10.2 Å². The minimum atomic E-state index is -0.420. The van der Waals surface area contributed by atoms with E-state index in [0.717, 1.165) is 32.0 Å². The lowest BCUT2D eigenvalue weighted by molar-refractivity contribution is -0.384. The van der Waals surface area contributed by atoms with Crippen LogP contribution in [0.3, 0.4) is 0 Å². The monoisotopic (exact) mass is 332 g/mol. The van der Waals surface area contributed by atoms with E-state index in [0.29, 0.717) is 5.69 Å². The summed E-state index contributed by atoms with van der Waals surface area (Å²) in [5.74, 6) is 0.776. The number of nitrogens with zero attached hydrogens (tertiary/aromatic N) is 3. The number of carbonyl (C=O) groups is 1. The van der Waals surface area contributed by atoms with Gasteiger partial charge in [-0.2, -0.15) is 0 Å². The number of rotatable bonds is 7. The second-order valence-electron chi connectivity index (χ2n) is 6.86. The fraction of sp³-hybridized carbons (Fsp3) is 0.588. The number of nitro benzene ring substituents is 1. The second-order valence-corrected chi connectivity index (χ2v) is 6.86. The summed E-state index contributed by atoms with van der Waals surface area (Å²) in [6, 6.07) is 6.68. The van der Waals surface area contributed by atoms with E-state index < -0.39 is 4.92 Å². The highest BCUT2D eigenvalue weighted by atomic mass is 16.6. The maximum atomic E-state index is 12.3. The van der Waals surface area contributed by atoms with Crippen molar-refractivity contribution in [3.63, 3.8) is 0 Å². The first kappa shape index (κ1) is 16.7. The molecule has 3 rings (SSSR count). The van der Waals surface area contributed by atoms with Gasteiger partial charge in [-0.25, -0.2) is 0 Å². The average molecular weight is 332 g/mol. The Morgan fingerprint density at radius 2 is 2.12 bits per heavy atom. The molecule has 24 heavy (non-hydrogen) atoms. The number of carbonyl (C=O) groups excluding carboxylic acids is 1. The van der Waals surface area contributed by atoms with Gasteiger partial charge in [-0.05, 0) is 31.2 Å². The van der Waals surface area contributed by atoms with Crippen LogP contribution in [0.4, 0.5) is 11.4 Å². The zero-order valence-corrected chi connectivity index (χ0v) is 14.0. The predicted octanol–water partition coefficient (Wildman–Crippen LogP) is 1.63. The Hall–Kier alpha value is -2.15. The van der Waals surface area contributed by atoms with Gasteiger partial charge in [-0.15, -0.1) is 0 Å². The third kappa shape index (κ3) is 4.23. The third-order valence-electron chi connectivity index (χ3n) is 4.72. The van der Waals surface area contributed by atoms with E-state index in [-0.39, 0.29) is 24.2 Å². The van der Waals surface area contributed by atoms with Crippen molar-refractivity contribution >= 4 is 17.3 Å². The van der Waals surface area contributed by atoms with Crippen LogP contribution in [0.25, 0.3) is 0 Å². The van der Waals surface area contributed by atoms with Gasteiger partial charge in [0, 0.05) is 38.8 Å². The first-order valence-corrected chi connectivity index (χ1v) is 8.49. The van der Waals surface area contributed by atoms with Gasteiger partial charge in [-0.3, -0.25) is 14.9 Å². The van der Waals surface area contributed by atoms with Gasteiger partial charge in [0.05, 0.1) is 11.5 Å². The number of nitro groups is 1. The molecule has 1 N–H and O–H groups in total. The van der Waals surface area contributed by atoms with E-state index in [1.54, 1.807) is 30.1 Å². The number of likely N-dealkylation sites (tertiary alicyclic amines) is 1. The van der Waals surface area contributed by atoms with Crippen molar-refractivity contribution < 1.29 is 9.72 Å². The summed E-state index contributed by atoms with van der Waals surface area (Å²) < 4.78 is 0. The number of likely N-dealkylation sites (N-methyl/N-ethyl adjacent to an activating group) is 1. The van der Waals surface area contributed by atoms with Gasteiger partial charge in [0.15, 0.2) is 0 Å². The van der Waals surface area contributed by atoms with Crippen molar-refractivity contribution in [1.82, 2.24) is 10.2 Å². The Morgan fingerprint density at radius 3 is 2.83 bits per heavy atom. The number of hydrogen-bond donors (Lipinski definition) is 1. The van der Waals surface area contributed by atoms with Gasteiger partial charge in [-0.1, -0.05) is 12.1 Å². The molecule has 1 saturated carbocycles. The molecular weight excluding hydrogens is 308 g/mol. The molecule has 1 heterocycles. The molecule has 1 aliphatic heterocycles. The molecule has 0 radical (unpaired) electrons. The highest BCUT2D eigenvalue weighted by Crippen LogP contribution is 2.30. The molecule has 1 aromatic rings. The zero-order chi connectivity index (χ0) is 17.1. The molecule has 130 valence electrons. The van der Waals surface area contributed by atoms with E-state index in [1.807, 2.05) is 0 Å². The molecule has 2 aliphatic rings. The van der Waals surface area contributed by atoms with Crippen LogP contribution in [0.1, 0.15) is 19.3 Å². The molecule has 1 amide bonds. The van der Waals surface area contributed by atoms with E-state index >= 15 is 0 Å². The van der Waals surface area contributed by atoms with Crippen LogP contribution >= 0.6 is 0 Å². The summed E-state index contributed by atoms with van der Waals surface area (Å²) in [5.41, 5.74) is 0.476. The summed E-state index contributed by atoms with van der Waals surface area (Å²) in [7, 11) is 1.70. The maximum absolute atomic E-state index is 12.3. The summed E-state index contributed by atoms with van der Waals surface area (Å²) >= 11 is 0. The average Bonchev–Trinajstić information content (AvgIpc) is 3.25. The molecule has 0 aromatic heterocycles. The van der Waals surface area contributed by atoms with Gasteiger partial charge in [0.25, 0.3) is 5.69 Å². The van der Waals surface area contributed by atoms with Crippen molar-refractivity contribution in [3.05, 3.63) is 34.4 Å². The van der Waals surface area contributed by atoms with Crippen molar-refractivity contribution in [3.8, 4) is 0 Å². The quantitative estimate of drug-likeness (QED) is 0.606. The van der Waals surface area contributed by atoms with E-state index in [1.165, 1.54) is 18.9 Å². The lowest BCUT2D eigenvalue weighted by atomic mass is 10.2. The number of nitrogens with one attached hydrogen (secondary N) is 1. The van der Waals surface area contributed by atoms with E-state index in [2.05, 4.69) is 10.2 Å². The fourth-order valence-corrected chi connectivity index (χ4v) is 3.30. The number of amides is 1. The van der Waals surface area contributed by atoms with Crippen molar-refractivity contribution in [2.24, 2.45) is 5.92 Å². The second kappa shape index (κ2) is 7.17. The Labute approximate surface area is 141 Å². The molecule has 7 heteroatoms. The normalized spacial score (nSPS) is 20.8. The van der Waals surface area contributed by atoms with E-state index in [4.69, 9.17) is 0 Å². The molecule has 1 saturated heterocycles. The smallest absolute Gasteiger partial charge is 0.292 e. The van der Waals surface area contributed by atoms with Crippen LogP contribution in [0.2, 0.25) is 0 Å². The van der Waals surface area contributed by atoms with Crippen LogP contribution in [0.15, 0.2) is 24.3 Å². The van der Waals surface area contributed by atoms with Crippen LogP contribution in [0, 0.1) is 16.0 Å². The van der Waals surface area contributed by atoms with Crippen molar-refractivity contribution in [1.29, 1.82) is 0 Å². The van der Waals surface area contributed by atoms with Gasteiger partial charge >= 0.3 is 0 Å². The van der Waals surface area contributed by atoms with Crippen molar-refractivity contribution in [2.75, 3.05) is 38.1 Å². The predicted molar refractivity (Wildman–Crippen MR) is 92.1 cm³/mol. The minimum absolute atomic E-state index is 0.0178. The molecule has 2 fully saturated rings. The first-order chi connectivity index (χ1) is 11.5. The molecule has 7 nitrogen and oxygen atoms in total. The molecule has 1 atom stereocenters. The Kier molecular flexibility index (Phi) is 4.99. The molecule has 1 unspecified atom stereocenters. The molecule has 1 aromatic carbocycles. The first-order valence-electron chi connectivity index (χ1n) is 8.49. The molecule has 0 bridgehead atoms. The van der Waals surface area contributed by atoms with Crippen LogP contribution in [-0.2, 0) is 4.79 Å². The SMILES string of the molecule is CN(CC(=O)NC1CCN(CC2CC2)C1)c1ccccc1[N+](=O)[O-]. The lowest BCUT2D eigenvalue weighted by Crippen LogP contribution is -2.42. The fourth-order valence-electron chi connectivity index (χ4n) is 3.30. The molecule has 0 spiro atoms. The van der Waals surface area contributed by atoms with E-state index in [9.17, 15) is 14.9 Å². The standard InChI is InChI=1S/C17H24N4O3/c1-19(15-4-2-3-5-16(15)21(23)24)12-17(22)18-14-8-9-20(11-14)10-13-6-7-13/h2-5,13-14H,6-12H2,1H3,(H,18,22). The zero-order valence-electron chi connectivity index (χ0n) is 14.0. The van der Waals surface area contributed by atoms with Gasteiger partial charge < -0.3 is 15.1 Å². The van der Waals surface area contributed by atoms with Gasteiger partial charge in [0.1, 0.15) is 5.69 Å².